The number of aliphatic carboxylic acids is 1. The van der Waals surface area contributed by atoms with Crippen LogP contribution in [0, 0.1) is 6.92 Å². The SMILES string of the molecule is Cc1cccc(COC2CSC3(C2)CN(S(=O)(=O)C2CC2)C3)n1.O=C(O)C(F)(F)F. The van der Waals surface area contributed by atoms with E-state index >= 15 is 0 Å². The van der Waals surface area contributed by atoms with Crippen LogP contribution in [0.15, 0.2) is 18.2 Å². The molecule has 1 aliphatic carbocycles. The standard InChI is InChI=1S/C16H22N2O3S2.C2HF3O2/c1-12-3-2-4-13(17-12)8-21-14-7-16(22-9-14)10-18(11-16)23(19,20)15-5-6-15;3-2(4,5)1(6)7/h2-4,14-15H,5-11H2,1H3;(H,6,7). The highest BCUT2D eigenvalue weighted by molar-refractivity contribution is 8.01. The van der Waals surface area contributed by atoms with Gasteiger partial charge < -0.3 is 9.84 Å². The topological polar surface area (TPSA) is 96.8 Å². The Morgan fingerprint density at radius 1 is 1.37 bits per heavy atom. The van der Waals surface area contributed by atoms with Gasteiger partial charge in [-0.05, 0) is 38.3 Å². The number of pyridine rings is 1. The highest BCUT2D eigenvalue weighted by Crippen LogP contribution is 2.48. The third-order valence-electron chi connectivity index (χ3n) is 5.07. The minimum Gasteiger partial charge on any atom is -0.475 e. The van der Waals surface area contributed by atoms with Crippen molar-refractivity contribution in [1.82, 2.24) is 9.29 Å². The van der Waals surface area contributed by atoms with Crippen LogP contribution < -0.4 is 0 Å². The fraction of sp³-hybridized carbons (Fsp3) is 0.667. The summed E-state index contributed by atoms with van der Waals surface area (Å²) in [5.41, 5.74) is 1.96. The molecule has 3 heterocycles. The Labute approximate surface area is 177 Å². The van der Waals surface area contributed by atoms with Crippen LogP contribution in [0.1, 0.15) is 30.7 Å². The van der Waals surface area contributed by atoms with Crippen molar-refractivity contribution in [3.63, 3.8) is 0 Å². The minimum absolute atomic E-state index is 0.0899. The molecule has 2 saturated heterocycles. The van der Waals surface area contributed by atoms with E-state index in [4.69, 9.17) is 14.6 Å². The van der Waals surface area contributed by atoms with Crippen molar-refractivity contribution < 1.29 is 36.2 Å². The van der Waals surface area contributed by atoms with E-state index in [-0.39, 0.29) is 16.1 Å². The lowest BCUT2D eigenvalue weighted by Gasteiger charge is -2.46. The third-order valence-corrected chi connectivity index (χ3v) is 8.93. The van der Waals surface area contributed by atoms with Gasteiger partial charge in [0.05, 0.1) is 23.7 Å². The second kappa shape index (κ2) is 8.64. The Morgan fingerprint density at radius 2 is 2.00 bits per heavy atom. The van der Waals surface area contributed by atoms with E-state index in [1.54, 1.807) is 4.31 Å². The molecule has 1 aromatic heterocycles. The first-order chi connectivity index (χ1) is 13.9. The number of carboxylic acids is 1. The highest BCUT2D eigenvalue weighted by Gasteiger charge is 2.55. The van der Waals surface area contributed by atoms with Crippen LogP contribution in [-0.2, 0) is 26.2 Å². The van der Waals surface area contributed by atoms with Gasteiger partial charge in [0.15, 0.2) is 0 Å². The number of ether oxygens (including phenoxy) is 1. The third kappa shape index (κ3) is 5.65. The summed E-state index contributed by atoms with van der Waals surface area (Å²) in [7, 11) is -3.00. The molecular formula is C18H23F3N2O5S2. The quantitative estimate of drug-likeness (QED) is 0.710. The van der Waals surface area contributed by atoms with Gasteiger partial charge in [0, 0.05) is 29.3 Å². The summed E-state index contributed by atoms with van der Waals surface area (Å²) in [6, 6.07) is 5.96. The Hall–Kier alpha value is -1.37. The number of aryl methyl sites for hydroxylation is 1. The average molecular weight is 469 g/mol. The van der Waals surface area contributed by atoms with Crippen LogP contribution in [0.4, 0.5) is 13.2 Å². The molecule has 2 aliphatic heterocycles. The van der Waals surface area contributed by atoms with E-state index in [1.165, 1.54) is 0 Å². The van der Waals surface area contributed by atoms with Gasteiger partial charge >= 0.3 is 12.1 Å². The van der Waals surface area contributed by atoms with Crippen LogP contribution in [-0.4, -0.2) is 69.9 Å². The molecule has 0 radical (unpaired) electrons. The number of thioether (sulfide) groups is 1. The van der Waals surface area contributed by atoms with E-state index in [1.807, 2.05) is 36.9 Å². The Kier molecular flexibility index (Phi) is 6.71. The van der Waals surface area contributed by atoms with Gasteiger partial charge in [0.1, 0.15) is 0 Å². The summed E-state index contributed by atoms with van der Waals surface area (Å²) >= 11 is 1.88. The Bertz CT molecular complexity index is 884. The van der Waals surface area contributed by atoms with Gasteiger partial charge in [0.2, 0.25) is 10.0 Å². The van der Waals surface area contributed by atoms with Crippen LogP contribution in [0.3, 0.4) is 0 Å². The molecule has 0 bridgehead atoms. The molecule has 4 rings (SSSR count). The Balaban J connectivity index is 0.000000318. The van der Waals surface area contributed by atoms with Gasteiger partial charge in [-0.25, -0.2) is 13.2 Å². The molecule has 1 spiro atoms. The smallest absolute Gasteiger partial charge is 0.475 e. The average Bonchev–Trinajstić information content (AvgIpc) is 3.39. The van der Waals surface area contributed by atoms with Crippen LogP contribution >= 0.6 is 11.8 Å². The van der Waals surface area contributed by atoms with Crippen molar-refractivity contribution >= 4 is 27.8 Å². The van der Waals surface area contributed by atoms with Crippen molar-refractivity contribution in [1.29, 1.82) is 0 Å². The summed E-state index contributed by atoms with van der Waals surface area (Å²) in [5, 5.41) is 7.03. The van der Waals surface area contributed by atoms with Crippen molar-refractivity contribution in [3.05, 3.63) is 29.6 Å². The first kappa shape index (κ1) is 23.3. The van der Waals surface area contributed by atoms with Crippen molar-refractivity contribution in [2.45, 2.75) is 55.1 Å². The molecule has 7 nitrogen and oxygen atoms in total. The van der Waals surface area contributed by atoms with Gasteiger partial charge in [0.25, 0.3) is 0 Å². The summed E-state index contributed by atoms with van der Waals surface area (Å²) in [6.45, 7) is 3.85. The number of nitrogens with zero attached hydrogens (tertiary/aromatic N) is 2. The van der Waals surface area contributed by atoms with Crippen LogP contribution in [0.25, 0.3) is 0 Å². The molecule has 1 saturated carbocycles. The van der Waals surface area contributed by atoms with Gasteiger partial charge in [-0.2, -0.15) is 17.5 Å². The summed E-state index contributed by atoms with van der Waals surface area (Å²) in [4.78, 5) is 13.4. The molecule has 0 amide bonds. The maximum atomic E-state index is 12.2. The molecule has 0 aromatic carbocycles. The van der Waals surface area contributed by atoms with E-state index in [0.29, 0.717) is 19.7 Å². The normalized spacial score (nSPS) is 23.5. The minimum atomic E-state index is -5.08. The van der Waals surface area contributed by atoms with E-state index in [9.17, 15) is 21.6 Å². The van der Waals surface area contributed by atoms with Crippen molar-refractivity contribution in [2.75, 3.05) is 18.8 Å². The number of rotatable bonds is 5. The molecule has 168 valence electrons. The molecule has 1 atom stereocenters. The monoisotopic (exact) mass is 468 g/mol. The lowest BCUT2D eigenvalue weighted by atomic mass is 9.95. The maximum absolute atomic E-state index is 12.2. The molecule has 3 fully saturated rings. The van der Waals surface area contributed by atoms with Gasteiger partial charge in [-0.3, -0.25) is 4.98 Å². The number of alkyl halides is 3. The molecule has 1 N–H and O–H groups in total. The predicted molar refractivity (Wildman–Crippen MR) is 105 cm³/mol. The van der Waals surface area contributed by atoms with Crippen molar-refractivity contribution in [3.8, 4) is 0 Å². The lowest BCUT2D eigenvalue weighted by Crippen LogP contribution is -2.61. The zero-order valence-corrected chi connectivity index (χ0v) is 17.9. The van der Waals surface area contributed by atoms with Gasteiger partial charge in [-0.15, -0.1) is 11.8 Å². The molecule has 3 aliphatic rings. The largest absolute Gasteiger partial charge is 0.490 e. The number of carboxylic acid groups (broad SMARTS) is 1. The van der Waals surface area contributed by atoms with Crippen LogP contribution in [0.5, 0.6) is 0 Å². The van der Waals surface area contributed by atoms with E-state index in [2.05, 4.69) is 4.98 Å². The second-order valence-corrected chi connectivity index (χ2v) is 11.4. The summed E-state index contributed by atoms with van der Waals surface area (Å²) in [5.74, 6) is -1.81. The molecule has 12 heteroatoms. The fourth-order valence-corrected chi connectivity index (χ4v) is 7.09. The second-order valence-electron chi connectivity index (χ2n) is 7.72. The van der Waals surface area contributed by atoms with Crippen molar-refractivity contribution in [2.24, 2.45) is 0 Å². The zero-order valence-electron chi connectivity index (χ0n) is 16.3. The lowest BCUT2D eigenvalue weighted by molar-refractivity contribution is -0.192. The number of hydrogen-bond donors (Lipinski definition) is 1. The number of sulfonamides is 1. The summed E-state index contributed by atoms with van der Waals surface area (Å²) < 4.78 is 63.9. The van der Waals surface area contributed by atoms with Gasteiger partial charge in [-0.1, -0.05) is 6.07 Å². The highest BCUT2D eigenvalue weighted by atomic mass is 32.2. The fourth-order valence-electron chi connectivity index (χ4n) is 3.37. The zero-order chi connectivity index (χ0) is 22.2. The number of carbonyl (C=O) groups is 1. The first-order valence-corrected chi connectivity index (χ1v) is 11.9. The Morgan fingerprint density at radius 3 is 2.53 bits per heavy atom. The number of aromatic nitrogens is 1. The summed E-state index contributed by atoms with van der Waals surface area (Å²) in [6.07, 6.45) is -2.25. The molecule has 1 aromatic rings. The number of hydrogen-bond acceptors (Lipinski definition) is 6. The molecule has 1 unspecified atom stereocenters. The maximum Gasteiger partial charge on any atom is 0.490 e. The first-order valence-electron chi connectivity index (χ1n) is 9.38. The van der Waals surface area contributed by atoms with E-state index < -0.39 is 22.2 Å². The predicted octanol–water partition coefficient (Wildman–Crippen LogP) is 2.59. The van der Waals surface area contributed by atoms with Crippen LogP contribution in [0.2, 0.25) is 0 Å². The molecular weight excluding hydrogens is 445 g/mol. The number of halogens is 3. The van der Waals surface area contributed by atoms with E-state index in [0.717, 1.165) is 36.4 Å². The molecule has 30 heavy (non-hydrogen) atoms.